The maximum Gasteiger partial charge on any atom is 0.227 e. The van der Waals surface area contributed by atoms with Crippen molar-refractivity contribution in [3.63, 3.8) is 0 Å². The van der Waals surface area contributed by atoms with Gasteiger partial charge in [-0.1, -0.05) is 60.2 Å². The zero-order chi connectivity index (χ0) is 17.2. The Labute approximate surface area is 151 Å². The number of oxazole rings is 1. The third-order valence-electron chi connectivity index (χ3n) is 4.09. The molecule has 4 aromatic rings. The van der Waals surface area contributed by atoms with Gasteiger partial charge in [-0.15, -0.1) is 0 Å². The Morgan fingerprint density at radius 3 is 2.56 bits per heavy atom. The first kappa shape index (κ1) is 15.7. The van der Waals surface area contributed by atoms with Gasteiger partial charge in [0.25, 0.3) is 0 Å². The highest BCUT2D eigenvalue weighted by atomic mass is 35.5. The van der Waals surface area contributed by atoms with Crippen LogP contribution in [-0.4, -0.2) is 4.98 Å². The van der Waals surface area contributed by atoms with Crippen molar-refractivity contribution < 1.29 is 4.42 Å². The number of hydrogen-bond acceptors (Lipinski definition) is 2. The predicted molar refractivity (Wildman–Crippen MR) is 105 cm³/mol. The summed E-state index contributed by atoms with van der Waals surface area (Å²) in [5.41, 5.74) is 5.74. The van der Waals surface area contributed by atoms with E-state index in [2.05, 4.69) is 17.1 Å². The summed E-state index contributed by atoms with van der Waals surface area (Å²) < 4.78 is 6.13. The van der Waals surface area contributed by atoms with Gasteiger partial charge in [0.05, 0.1) is 0 Å². The quantitative estimate of drug-likeness (QED) is 0.406. The number of aromatic nitrogens is 1. The summed E-state index contributed by atoms with van der Waals surface area (Å²) in [4.78, 5) is 4.65. The molecule has 0 bridgehead atoms. The normalized spacial score (nSPS) is 11.4. The molecular weight excluding hydrogens is 330 g/mol. The zero-order valence-electron chi connectivity index (χ0n) is 13.7. The van der Waals surface area contributed by atoms with Gasteiger partial charge in [-0.2, -0.15) is 0 Å². The number of para-hydroxylation sites is 1. The molecule has 0 spiro atoms. The number of hydrogen-bond donors (Lipinski definition) is 0. The molecular formula is C22H16ClNO. The van der Waals surface area contributed by atoms with Gasteiger partial charge in [-0.25, -0.2) is 4.98 Å². The minimum atomic E-state index is 0.629. The van der Waals surface area contributed by atoms with Crippen molar-refractivity contribution in [3.05, 3.63) is 83.4 Å². The zero-order valence-corrected chi connectivity index (χ0v) is 14.5. The van der Waals surface area contributed by atoms with E-state index in [1.165, 1.54) is 0 Å². The van der Waals surface area contributed by atoms with E-state index in [0.717, 1.165) is 33.4 Å². The lowest BCUT2D eigenvalue weighted by Crippen LogP contribution is -1.84. The molecule has 1 heterocycles. The van der Waals surface area contributed by atoms with E-state index in [9.17, 15) is 0 Å². The summed E-state index contributed by atoms with van der Waals surface area (Å²) in [6, 6.07) is 21.9. The van der Waals surface area contributed by atoms with Gasteiger partial charge in [-0.05, 0) is 48.4 Å². The van der Waals surface area contributed by atoms with Crippen LogP contribution in [0.15, 0.2) is 77.2 Å². The largest absolute Gasteiger partial charge is 0.435 e. The molecule has 25 heavy (non-hydrogen) atoms. The summed E-state index contributed by atoms with van der Waals surface area (Å²) in [6.45, 7) is 1.99. The van der Waals surface area contributed by atoms with Crippen LogP contribution in [0.1, 0.15) is 12.5 Å². The third kappa shape index (κ3) is 2.97. The molecule has 0 fully saturated rings. The standard InChI is InChI=1S/C22H16ClNO/c1-2-7-16-14-17(23)12-13-18(16)19-10-6-11-20-21(19)25-22(24-20)15-8-4-3-5-9-15/h2-14H,1H3. The van der Waals surface area contributed by atoms with Crippen molar-refractivity contribution in [1.82, 2.24) is 4.98 Å². The minimum absolute atomic E-state index is 0.629. The van der Waals surface area contributed by atoms with Crippen molar-refractivity contribution in [2.24, 2.45) is 0 Å². The van der Waals surface area contributed by atoms with E-state index in [1.807, 2.05) is 73.7 Å². The molecule has 0 saturated heterocycles. The Bertz CT molecular complexity index is 1060. The van der Waals surface area contributed by atoms with E-state index in [-0.39, 0.29) is 0 Å². The lowest BCUT2D eigenvalue weighted by Gasteiger charge is -2.07. The second kappa shape index (κ2) is 6.58. The first-order chi connectivity index (χ1) is 12.3. The molecule has 2 nitrogen and oxygen atoms in total. The van der Waals surface area contributed by atoms with E-state index >= 15 is 0 Å². The SMILES string of the molecule is CC=Cc1cc(Cl)ccc1-c1cccc2nc(-c3ccccc3)oc12. The summed E-state index contributed by atoms with van der Waals surface area (Å²) in [5.74, 6) is 0.629. The molecule has 3 aromatic carbocycles. The molecule has 0 radical (unpaired) electrons. The Morgan fingerprint density at radius 2 is 1.76 bits per heavy atom. The first-order valence-corrected chi connectivity index (χ1v) is 8.51. The monoisotopic (exact) mass is 345 g/mol. The van der Waals surface area contributed by atoms with Crippen LogP contribution in [0.5, 0.6) is 0 Å². The van der Waals surface area contributed by atoms with Crippen molar-refractivity contribution in [3.8, 4) is 22.6 Å². The molecule has 0 N–H and O–H groups in total. The molecule has 0 unspecified atom stereocenters. The van der Waals surface area contributed by atoms with Gasteiger partial charge in [0.2, 0.25) is 5.89 Å². The van der Waals surface area contributed by atoms with Gasteiger partial charge < -0.3 is 4.42 Å². The summed E-state index contributed by atoms with van der Waals surface area (Å²) >= 11 is 6.17. The van der Waals surface area contributed by atoms with Gasteiger partial charge in [-0.3, -0.25) is 0 Å². The summed E-state index contributed by atoms with van der Waals surface area (Å²) in [6.07, 6.45) is 4.06. The second-order valence-corrected chi connectivity index (χ2v) is 6.21. The van der Waals surface area contributed by atoms with Crippen LogP contribution in [0, 0.1) is 0 Å². The molecule has 4 rings (SSSR count). The van der Waals surface area contributed by atoms with Crippen LogP contribution in [0.3, 0.4) is 0 Å². The highest BCUT2D eigenvalue weighted by molar-refractivity contribution is 6.30. The molecule has 122 valence electrons. The van der Waals surface area contributed by atoms with Crippen LogP contribution in [-0.2, 0) is 0 Å². The summed E-state index contributed by atoms with van der Waals surface area (Å²) in [7, 11) is 0. The second-order valence-electron chi connectivity index (χ2n) is 5.77. The summed E-state index contributed by atoms with van der Waals surface area (Å²) in [5, 5.41) is 0.714. The number of fused-ring (bicyclic) bond motifs is 1. The van der Waals surface area contributed by atoms with E-state index in [1.54, 1.807) is 0 Å². The van der Waals surface area contributed by atoms with Gasteiger partial charge in [0.15, 0.2) is 5.58 Å². The fourth-order valence-electron chi connectivity index (χ4n) is 2.96. The van der Waals surface area contributed by atoms with Crippen LogP contribution in [0.2, 0.25) is 5.02 Å². The van der Waals surface area contributed by atoms with Crippen LogP contribution < -0.4 is 0 Å². The van der Waals surface area contributed by atoms with Crippen LogP contribution in [0.4, 0.5) is 0 Å². The molecule has 0 aliphatic carbocycles. The highest BCUT2D eigenvalue weighted by Gasteiger charge is 2.14. The lowest BCUT2D eigenvalue weighted by atomic mass is 9.98. The van der Waals surface area contributed by atoms with Crippen LogP contribution in [0.25, 0.3) is 39.8 Å². The lowest BCUT2D eigenvalue weighted by molar-refractivity contribution is 0.621. The molecule has 0 aliphatic rings. The number of allylic oxidation sites excluding steroid dienone is 1. The van der Waals surface area contributed by atoms with E-state index in [4.69, 9.17) is 16.0 Å². The van der Waals surface area contributed by atoms with E-state index in [0.29, 0.717) is 10.9 Å². The predicted octanol–water partition coefficient (Wildman–Crippen LogP) is 6.85. The average Bonchev–Trinajstić information content (AvgIpc) is 3.07. The smallest absolute Gasteiger partial charge is 0.227 e. The minimum Gasteiger partial charge on any atom is -0.435 e. The molecule has 0 amide bonds. The highest BCUT2D eigenvalue weighted by Crippen LogP contribution is 2.35. The number of nitrogens with zero attached hydrogens (tertiary/aromatic N) is 1. The Kier molecular flexibility index (Phi) is 4.12. The van der Waals surface area contributed by atoms with Gasteiger partial charge in [0, 0.05) is 16.1 Å². The van der Waals surface area contributed by atoms with Crippen molar-refractivity contribution in [1.29, 1.82) is 0 Å². The average molecular weight is 346 g/mol. The van der Waals surface area contributed by atoms with E-state index < -0.39 is 0 Å². The third-order valence-corrected chi connectivity index (χ3v) is 4.32. The molecule has 1 aromatic heterocycles. The molecule has 3 heteroatoms. The number of benzene rings is 3. The molecule has 0 saturated carbocycles. The number of halogens is 1. The van der Waals surface area contributed by atoms with Crippen molar-refractivity contribution in [2.45, 2.75) is 6.92 Å². The maximum absolute atomic E-state index is 6.17. The van der Waals surface area contributed by atoms with Crippen molar-refractivity contribution in [2.75, 3.05) is 0 Å². The maximum atomic E-state index is 6.17. The van der Waals surface area contributed by atoms with Crippen molar-refractivity contribution >= 4 is 28.8 Å². The Hall–Kier alpha value is -2.84. The van der Waals surface area contributed by atoms with Crippen LogP contribution >= 0.6 is 11.6 Å². The molecule has 0 atom stereocenters. The topological polar surface area (TPSA) is 26.0 Å². The Balaban J connectivity index is 1.93. The fraction of sp³-hybridized carbons (Fsp3) is 0.0455. The van der Waals surface area contributed by atoms with Gasteiger partial charge >= 0.3 is 0 Å². The fourth-order valence-corrected chi connectivity index (χ4v) is 3.14. The van der Waals surface area contributed by atoms with Gasteiger partial charge in [0.1, 0.15) is 5.52 Å². The number of rotatable bonds is 3. The molecule has 0 aliphatic heterocycles. The first-order valence-electron chi connectivity index (χ1n) is 8.14. The Morgan fingerprint density at radius 1 is 0.920 bits per heavy atom.